The van der Waals surface area contributed by atoms with Gasteiger partial charge in [0.1, 0.15) is 11.5 Å². The van der Waals surface area contributed by atoms with Gasteiger partial charge < -0.3 is 19.8 Å². The van der Waals surface area contributed by atoms with E-state index in [0.717, 1.165) is 34.9 Å². The number of carbonyl (C=O) groups excluding carboxylic acids is 1. The third-order valence-electron chi connectivity index (χ3n) is 5.33. The van der Waals surface area contributed by atoms with Crippen LogP contribution in [0.4, 0.5) is 0 Å². The molecule has 29 heavy (non-hydrogen) atoms. The summed E-state index contributed by atoms with van der Waals surface area (Å²) < 4.78 is 10.9. The number of benzene rings is 2. The Balaban J connectivity index is 2.10. The van der Waals surface area contributed by atoms with Crippen molar-refractivity contribution in [1.82, 2.24) is 10.3 Å². The van der Waals surface area contributed by atoms with Crippen molar-refractivity contribution in [3.05, 3.63) is 59.3 Å². The smallest absolute Gasteiger partial charge is 0.220 e. The molecule has 0 saturated carbocycles. The van der Waals surface area contributed by atoms with Crippen LogP contribution >= 0.6 is 0 Å². The molecule has 1 amide bonds. The number of nitrogens with one attached hydrogen (secondary N) is 2. The van der Waals surface area contributed by atoms with Crippen molar-refractivity contribution < 1.29 is 14.3 Å². The van der Waals surface area contributed by atoms with E-state index >= 15 is 0 Å². The van der Waals surface area contributed by atoms with Gasteiger partial charge >= 0.3 is 0 Å². The van der Waals surface area contributed by atoms with Gasteiger partial charge in [0.2, 0.25) is 5.91 Å². The minimum atomic E-state index is -0.114. The van der Waals surface area contributed by atoms with Crippen LogP contribution in [0.25, 0.3) is 10.9 Å². The maximum atomic E-state index is 12.7. The molecule has 0 fully saturated rings. The van der Waals surface area contributed by atoms with Gasteiger partial charge in [-0.15, -0.1) is 0 Å². The van der Waals surface area contributed by atoms with Gasteiger partial charge in [0.25, 0.3) is 0 Å². The summed E-state index contributed by atoms with van der Waals surface area (Å²) in [6, 6.07) is 12.2. The lowest BCUT2D eigenvalue weighted by Crippen LogP contribution is -2.26. The first-order chi connectivity index (χ1) is 14.1. The number of para-hydroxylation sites is 1. The van der Waals surface area contributed by atoms with Gasteiger partial charge in [0.15, 0.2) is 0 Å². The molecule has 0 aliphatic heterocycles. The first kappa shape index (κ1) is 20.8. The SMILES string of the molecule is CCCNC(=O)CC(c1cc(OC)cc(OC)c1)c1c[nH]c2c(CC)cccc12. The van der Waals surface area contributed by atoms with Crippen LogP contribution in [0, 0.1) is 0 Å². The molecule has 5 heteroatoms. The fraction of sp³-hybridized carbons (Fsp3) is 0.375. The summed E-state index contributed by atoms with van der Waals surface area (Å²) in [5.74, 6) is 1.36. The highest BCUT2D eigenvalue weighted by molar-refractivity contribution is 5.88. The van der Waals surface area contributed by atoms with Crippen molar-refractivity contribution >= 4 is 16.8 Å². The molecule has 0 bridgehead atoms. The number of carbonyl (C=O) groups is 1. The standard InChI is InChI=1S/C24H30N2O3/c1-5-10-25-23(27)14-21(17-11-18(28-3)13-19(12-17)29-4)22-15-26-24-16(6-2)8-7-9-20(22)24/h7-9,11-13,15,21,26H,5-6,10,14H2,1-4H3,(H,25,27). The molecule has 0 aliphatic carbocycles. The van der Waals surface area contributed by atoms with Crippen LogP contribution in [0.3, 0.4) is 0 Å². The van der Waals surface area contributed by atoms with Crippen molar-refractivity contribution in [2.75, 3.05) is 20.8 Å². The Morgan fingerprint density at radius 3 is 2.45 bits per heavy atom. The minimum Gasteiger partial charge on any atom is -0.497 e. The van der Waals surface area contributed by atoms with Crippen LogP contribution in [-0.2, 0) is 11.2 Å². The molecule has 1 aromatic heterocycles. The Morgan fingerprint density at radius 1 is 1.10 bits per heavy atom. The minimum absolute atomic E-state index is 0.0413. The second-order valence-electron chi connectivity index (χ2n) is 7.19. The number of fused-ring (bicyclic) bond motifs is 1. The van der Waals surface area contributed by atoms with Crippen LogP contribution in [0.15, 0.2) is 42.6 Å². The number of rotatable bonds is 9. The third kappa shape index (κ3) is 4.56. The van der Waals surface area contributed by atoms with Crippen LogP contribution in [-0.4, -0.2) is 31.7 Å². The van der Waals surface area contributed by atoms with Crippen LogP contribution in [0.2, 0.25) is 0 Å². The number of hydrogen-bond acceptors (Lipinski definition) is 3. The summed E-state index contributed by atoms with van der Waals surface area (Å²) in [5, 5.41) is 4.16. The lowest BCUT2D eigenvalue weighted by molar-refractivity contribution is -0.121. The van der Waals surface area contributed by atoms with Gasteiger partial charge in [-0.2, -0.15) is 0 Å². The third-order valence-corrected chi connectivity index (χ3v) is 5.33. The molecule has 2 aromatic carbocycles. The Kier molecular flexibility index (Phi) is 6.81. The monoisotopic (exact) mass is 394 g/mol. The first-order valence-electron chi connectivity index (χ1n) is 10.2. The van der Waals surface area contributed by atoms with Gasteiger partial charge in [-0.3, -0.25) is 4.79 Å². The van der Waals surface area contributed by atoms with Gasteiger partial charge in [0.05, 0.1) is 14.2 Å². The highest BCUT2D eigenvalue weighted by Gasteiger charge is 2.23. The van der Waals surface area contributed by atoms with Crippen LogP contribution < -0.4 is 14.8 Å². The second-order valence-corrected chi connectivity index (χ2v) is 7.19. The van der Waals surface area contributed by atoms with Gasteiger partial charge in [0, 0.05) is 42.0 Å². The first-order valence-corrected chi connectivity index (χ1v) is 10.2. The molecule has 0 saturated heterocycles. The maximum absolute atomic E-state index is 12.7. The zero-order valence-electron chi connectivity index (χ0n) is 17.7. The molecule has 5 nitrogen and oxygen atoms in total. The van der Waals surface area contributed by atoms with E-state index in [-0.39, 0.29) is 11.8 Å². The summed E-state index contributed by atoms with van der Waals surface area (Å²) in [7, 11) is 3.28. The number of hydrogen-bond donors (Lipinski definition) is 2. The van der Waals surface area contributed by atoms with Crippen LogP contribution in [0.1, 0.15) is 49.3 Å². The highest BCUT2D eigenvalue weighted by Crippen LogP contribution is 2.37. The zero-order valence-corrected chi connectivity index (χ0v) is 17.7. The van der Waals surface area contributed by atoms with Gasteiger partial charge in [-0.25, -0.2) is 0 Å². The average Bonchev–Trinajstić information content (AvgIpc) is 3.19. The summed E-state index contributed by atoms with van der Waals surface area (Å²) in [6.07, 6.45) is 4.26. The fourth-order valence-electron chi connectivity index (χ4n) is 3.78. The number of aromatic amines is 1. The van der Waals surface area contributed by atoms with E-state index in [1.807, 2.05) is 24.4 Å². The van der Waals surface area contributed by atoms with Crippen molar-refractivity contribution in [1.29, 1.82) is 0 Å². The summed E-state index contributed by atoms with van der Waals surface area (Å²) in [4.78, 5) is 16.1. The van der Waals surface area contributed by atoms with Crippen molar-refractivity contribution in [3.63, 3.8) is 0 Å². The lowest BCUT2D eigenvalue weighted by Gasteiger charge is -2.19. The number of amides is 1. The Bertz CT molecular complexity index is 955. The topological polar surface area (TPSA) is 63.4 Å². The number of aryl methyl sites for hydroxylation is 1. The van der Waals surface area contributed by atoms with E-state index in [2.05, 4.69) is 42.3 Å². The molecule has 3 aromatic rings. The van der Waals surface area contributed by atoms with E-state index < -0.39 is 0 Å². The van der Waals surface area contributed by atoms with Gasteiger partial charge in [-0.1, -0.05) is 32.0 Å². The predicted octanol–water partition coefficient (Wildman–Crippen LogP) is 4.80. The van der Waals surface area contributed by atoms with Gasteiger partial charge in [-0.05, 0) is 41.7 Å². The molecular formula is C24H30N2O3. The molecule has 1 heterocycles. The largest absolute Gasteiger partial charge is 0.497 e. The van der Waals surface area contributed by atoms with Crippen LogP contribution in [0.5, 0.6) is 11.5 Å². The maximum Gasteiger partial charge on any atom is 0.220 e. The van der Waals surface area contributed by atoms with E-state index in [0.29, 0.717) is 24.5 Å². The number of H-pyrrole nitrogens is 1. The Morgan fingerprint density at radius 2 is 1.83 bits per heavy atom. The second kappa shape index (κ2) is 9.50. The molecule has 3 rings (SSSR count). The molecule has 0 radical (unpaired) electrons. The Labute approximate surface area is 172 Å². The fourth-order valence-corrected chi connectivity index (χ4v) is 3.78. The molecule has 1 unspecified atom stereocenters. The number of aromatic nitrogens is 1. The number of ether oxygens (including phenoxy) is 2. The quantitative estimate of drug-likeness (QED) is 0.548. The number of methoxy groups -OCH3 is 2. The average molecular weight is 395 g/mol. The van der Waals surface area contributed by atoms with E-state index in [4.69, 9.17) is 9.47 Å². The normalized spacial score (nSPS) is 12.0. The molecule has 0 spiro atoms. The molecule has 1 atom stereocenters. The lowest BCUT2D eigenvalue weighted by atomic mass is 9.87. The Hall–Kier alpha value is -2.95. The zero-order chi connectivity index (χ0) is 20.8. The van der Waals surface area contributed by atoms with Crippen molar-refractivity contribution in [2.45, 2.75) is 39.0 Å². The molecule has 154 valence electrons. The molecule has 0 aliphatic rings. The summed E-state index contributed by atoms with van der Waals surface area (Å²) >= 11 is 0. The van der Waals surface area contributed by atoms with E-state index in [1.165, 1.54) is 5.56 Å². The van der Waals surface area contributed by atoms with Crippen molar-refractivity contribution in [2.24, 2.45) is 0 Å². The summed E-state index contributed by atoms with van der Waals surface area (Å²) in [6.45, 7) is 4.88. The molecule has 2 N–H and O–H groups in total. The highest BCUT2D eigenvalue weighted by atomic mass is 16.5. The van der Waals surface area contributed by atoms with Crippen molar-refractivity contribution in [3.8, 4) is 11.5 Å². The van der Waals surface area contributed by atoms with E-state index in [9.17, 15) is 4.79 Å². The summed E-state index contributed by atoms with van der Waals surface area (Å²) in [5.41, 5.74) is 4.51. The molecular weight excluding hydrogens is 364 g/mol. The predicted molar refractivity (Wildman–Crippen MR) is 117 cm³/mol. The van der Waals surface area contributed by atoms with E-state index in [1.54, 1.807) is 14.2 Å².